The number of rotatable bonds is 3. The molecule has 0 amide bonds. The summed E-state index contributed by atoms with van der Waals surface area (Å²) in [6, 6.07) is 9.86. The van der Waals surface area contributed by atoms with Gasteiger partial charge in [-0.05, 0) is 31.9 Å². The quantitative estimate of drug-likeness (QED) is 0.342. The largest absolute Gasteiger partial charge is 0.476 e. The van der Waals surface area contributed by atoms with Crippen molar-refractivity contribution in [3.8, 4) is 21.3 Å². The van der Waals surface area contributed by atoms with E-state index < -0.39 is 5.97 Å². The molecule has 0 aliphatic rings. The van der Waals surface area contributed by atoms with Crippen LogP contribution in [0, 0.1) is 0 Å². The zero-order chi connectivity index (χ0) is 21.7. The molecule has 0 saturated carbocycles. The van der Waals surface area contributed by atoms with Crippen molar-refractivity contribution >= 4 is 60.8 Å². The molecular formula is C17H12Br2N8O2S. The molecule has 4 rings (SSSR count). The van der Waals surface area contributed by atoms with E-state index in [0.717, 1.165) is 10.6 Å². The molecule has 10 nitrogen and oxygen atoms in total. The van der Waals surface area contributed by atoms with Gasteiger partial charge in [-0.1, -0.05) is 41.7 Å². The molecule has 0 aliphatic heterocycles. The molecule has 0 fully saturated rings. The van der Waals surface area contributed by atoms with Crippen LogP contribution in [0.15, 0.2) is 51.9 Å². The Labute approximate surface area is 190 Å². The van der Waals surface area contributed by atoms with Gasteiger partial charge in [-0.15, -0.1) is 10.2 Å². The molecule has 5 N–H and O–H groups in total. The Hall–Kier alpha value is -3.03. The number of nitrogens with two attached hydrogens (primary N) is 2. The predicted octanol–water partition coefficient (Wildman–Crippen LogP) is 3.53. The van der Waals surface area contributed by atoms with E-state index >= 15 is 0 Å². The number of aromatic carboxylic acids is 1. The van der Waals surface area contributed by atoms with Gasteiger partial charge in [-0.25, -0.2) is 24.7 Å². The predicted molar refractivity (Wildman–Crippen MR) is 120 cm³/mol. The summed E-state index contributed by atoms with van der Waals surface area (Å²) in [5, 5.41) is 18.3. The highest BCUT2D eigenvalue weighted by Crippen LogP contribution is 2.31. The standard InChI is InChI=1S/C12H8BrN5S.C5H4BrN3O2/c13-8-6-15-10(14)9(16-8)12-18-17-11(19-12)7-4-2-1-3-5-7;6-2-1-8-4(7)3(9-2)5(10)11/h1-6H,(H2,14,15);1H,(H2,7,8)(H,10,11). The van der Waals surface area contributed by atoms with Crippen molar-refractivity contribution in [1.82, 2.24) is 30.1 Å². The topological polar surface area (TPSA) is 167 Å². The highest BCUT2D eigenvalue weighted by atomic mass is 79.9. The number of nitrogens with zero attached hydrogens (tertiary/aromatic N) is 6. The monoisotopic (exact) mass is 550 g/mol. The first-order chi connectivity index (χ1) is 14.3. The number of carboxylic acids is 1. The highest BCUT2D eigenvalue weighted by molar-refractivity contribution is 9.10. The van der Waals surface area contributed by atoms with E-state index in [4.69, 9.17) is 16.6 Å². The maximum atomic E-state index is 10.4. The van der Waals surface area contributed by atoms with E-state index in [-0.39, 0.29) is 11.5 Å². The average Bonchev–Trinajstić information content (AvgIpc) is 3.22. The number of hydrogen-bond donors (Lipinski definition) is 3. The Morgan fingerprint density at radius 2 is 1.50 bits per heavy atom. The normalized spacial score (nSPS) is 10.2. The van der Waals surface area contributed by atoms with Crippen molar-refractivity contribution in [2.45, 2.75) is 0 Å². The smallest absolute Gasteiger partial charge is 0.358 e. The third-order valence-corrected chi connectivity index (χ3v) is 5.14. The molecular weight excluding hydrogens is 540 g/mol. The highest BCUT2D eigenvalue weighted by Gasteiger charge is 2.13. The fourth-order valence-corrected chi connectivity index (χ4v) is 3.49. The minimum atomic E-state index is -1.18. The van der Waals surface area contributed by atoms with Crippen LogP contribution in [0.2, 0.25) is 0 Å². The number of hydrogen-bond acceptors (Lipinski definition) is 10. The average molecular weight is 552 g/mol. The summed E-state index contributed by atoms with van der Waals surface area (Å²) in [6.45, 7) is 0. The second kappa shape index (κ2) is 9.65. The summed E-state index contributed by atoms with van der Waals surface area (Å²) in [7, 11) is 0. The van der Waals surface area contributed by atoms with Gasteiger partial charge in [0.2, 0.25) is 0 Å². The molecule has 13 heteroatoms. The molecule has 3 aromatic heterocycles. The Morgan fingerprint density at radius 3 is 2.13 bits per heavy atom. The number of nitrogen functional groups attached to an aromatic ring is 2. The van der Waals surface area contributed by atoms with Gasteiger partial charge in [0.1, 0.15) is 19.9 Å². The first-order valence-electron chi connectivity index (χ1n) is 8.03. The van der Waals surface area contributed by atoms with Gasteiger partial charge in [0.15, 0.2) is 22.3 Å². The Bertz CT molecular complexity index is 1190. The van der Waals surface area contributed by atoms with E-state index in [1.165, 1.54) is 17.5 Å². The Morgan fingerprint density at radius 1 is 0.900 bits per heavy atom. The van der Waals surface area contributed by atoms with Gasteiger partial charge in [0, 0.05) is 5.56 Å². The molecule has 0 spiro atoms. The zero-order valence-corrected chi connectivity index (χ0v) is 18.9. The van der Waals surface area contributed by atoms with Crippen molar-refractivity contribution in [3.05, 3.63) is 57.6 Å². The number of anilines is 2. The minimum absolute atomic E-state index is 0.0827. The van der Waals surface area contributed by atoms with Crippen LogP contribution in [0.4, 0.5) is 11.6 Å². The second-order valence-electron chi connectivity index (χ2n) is 5.44. The van der Waals surface area contributed by atoms with Gasteiger partial charge in [0.25, 0.3) is 0 Å². The summed E-state index contributed by atoms with van der Waals surface area (Å²) in [5.41, 5.74) is 12.4. The minimum Gasteiger partial charge on any atom is -0.476 e. The van der Waals surface area contributed by atoms with Gasteiger partial charge >= 0.3 is 5.97 Å². The molecule has 0 bridgehead atoms. The van der Waals surface area contributed by atoms with Crippen molar-refractivity contribution in [2.24, 2.45) is 0 Å². The van der Waals surface area contributed by atoms with Crippen LogP contribution < -0.4 is 11.5 Å². The zero-order valence-electron chi connectivity index (χ0n) is 14.9. The van der Waals surface area contributed by atoms with Gasteiger partial charge in [-0.2, -0.15) is 0 Å². The van der Waals surface area contributed by atoms with Crippen LogP contribution in [0.25, 0.3) is 21.3 Å². The van der Waals surface area contributed by atoms with Crippen LogP contribution in [-0.4, -0.2) is 41.2 Å². The van der Waals surface area contributed by atoms with E-state index in [9.17, 15) is 4.79 Å². The number of aromatic nitrogens is 6. The Kier molecular flexibility index (Phi) is 6.97. The fraction of sp³-hybridized carbons (Fsp3) is 0. The molecule has 0 unspecified atom stereocenters. The third-order valence-electron chi connectivity index (χ3n) is 3.39. The van der Waals surface area contributed by atoms with Crippen LogP contribution in [-0.2, 0) is 0 Å². The van der Waals surface area contributed by atoms with Crippen LogP contribution >= 0.6 is 43.2 Å². The van der Waals surface area contributed by atoms with Crippen molar-refractivity contribution in [3.63, 3.8) is 0 Å². The van der Waals surface area contributed by atoms with Gasteiger partial charge in [-0.3, -0.25) is 0 Å². The molecule has 0 atom stereocenters. The Balaban J connectivity index is 0.000000199. The lowest BCUT2D eigenvalue weighted by Gasteiger charge is -1.99. The van der Waals surface area contributed by atoms with Crippen molar-refractivity contribution in [1.29, 1.82) is 0 Å². The lowest BCUT2D eigenvalue weighted by Crippen LogP contribution is -2.07. The summed E-state index contributed by atoms with van der Waals surface area (Å²) in [4.78, 5) is 25.9. The molecule has 3 heterocycles. The lowest BCUT2D eigenvalue weighted by molar-refractivity contribution is 0.0691. The molecule has 0 radical (unpaired) electrons. The fourth-order valence-electron chi connectivity index (χ4n) is 2.08. The van der Waals surface area contributed by atoms with Gasteiger partial charge in [0.05, 0.1) is 12.4 Å². The number of carboxylic acid groups (broad SMARTS) is 1. The molecule has 0 aliphatic carbocycles. The molecule has 30 heavy (non-hydrogen) atoms. The van der Waals surface area contributed by atoms with E-state index in [1.54, 1.807) is 6.20 Å². The summed E-state index contributed by atoms with van der Waals surface area (Å²) in [6.07, 6.45) is 2.89. The van der Waals surface area contributed by atoms with Crippen molar-refractivity contribution < 1.29 is 9.90 Å². The second-order valence-corrected chi connectivity index (χ2v) is 8.04. The summed E-state index contributed by atoms with van der Waals surface area (Å²) < 4.78 is 0.970. The SMILES string of the molecule is Nc1ncc(Br)nc1-c1nnc(-c2ccccc2)s1.Nc1ncc(Br)nc1C(=O)O. The third kappa shape index (κ3) is 5.31. The molecule has 1 aromatic carbocycles. The van der Waals surface area contributed by atoms with E-state index in [0.29, 0.717) is 25.7 Å². The number of benzene rings is 1. The number of halogens is 2. The maximum Gasteiger partial charge on any atom is 0.358 e. The first kappa shape index (κ1) is 21.7. The summed E-state index contributed by atoms with van der Waals surface area (Å²) >= 11 is 7.68. The number of carbonyl (C=O) groups is 1. The van der Waals surface area contributed by atoms with Crippen LogP contribution in [0.3, 0.4) is 0 Å². The lowest BCUT2D eigenvalue weighted by atomic mass is 10.2. The van der Waals surface area contributed by atoms with Gasteiger partial charge < -0.3 is 16.6 Å². The van der Waals surface area contributed by atoms with Crippen molar-refractivity contribution in [2.75, 3.05) is 11.5 Å². The maximum absolute atomic E-state index is 10.4. The summed E-state index contributed by atoms with van der Waals surface area (Å²) in [5.74, 6) is -0.920. The molecule has 0 saturated heterocycles. The molecule has 4 aromatic rings. The van der Waals surface area contributed by atoms with Crippen LogP contribution in [0.5, 0.6) is 0 Å². The van der Waals surface area contributed by atoms with E-state index in [2.05, 4.69) is 62.0 Å². The van der Waals surface area contributed by atoms with E-state index in [1.807, 2.05) is 30.3 Å². The first-order valence-corrected chi connectivity index (χ1v) is 10.4. The van der Waals surface area contributed by atoms with Crippen LogP contribution in [0.1, 0.15) is 10.5 Å². The molecule has 152 valence electrons.